The number of nitrogens with one attached hydrogen (secondary N) is 1. The quantitative estimate of drug-likeness (QED) is 0.826. The Balaban J connectivity index is 2.32. The molecule has 0 aliphatic rings. The molecule has 0 unspecified atom stereocenters. The van der Waals surface area contributed by atoms with E-state index in [-0.39, 0.29) is 0 Å². The summed E-state index contributed by atoms with van der Waals surface area (Å²) in [4.78, 5) is 0. The monoisotopic (exact) mass is 301 g/mol. The first-order valence-electron chi connectivity index (χ1n) is 5.43. The Morgan fingerprint density at radius 1 is 1.28 bits per heavy atom. The zero-order chi connectivity index (χ0) is 13.1. The second-order valence-corrected chi connectivity index (χ2v) is 4.81. The number of halogens is 1. The molecule has 2 rings (SSSR count). The van der Waals surface area contributed by atoms with Crippen LogP contribution in [0.2, 0.25) is 0 Å². The average Bonchev–Trinajstić information content (AvgIpc) is 2.35. The Morgan fingerprint density at radius 3 is 2.72 bits per heavy atom. The molecule has 0 saturated carbocycles. The van der Waals surface area contributed by atoms with Crippen LogP contribution in [0.4, 0.5) is 17.1 Å². The third kappa shape index (κ3) is 2.47. The zero-order valence-electron chi connectivity index (χ0n) is 9.87. The SMILES string of the molecule is Cc1c(Br)cccc1Nc1ccc(C#N)c(N)c1. The van der Waals surface area contributed by atoms with E-state index in [0.29, 0.717) is 11.3 Å². The van der Waals surface area contributed by atoms with E-state index >= 15 is 0 Å². The van der Waals surface area contributed by atoms with Crippen molar-refractivity contribution >= 4 is 33.0 Å². The molecule has 2 aromatic rings. The number of rotatable bonds is 2. The fourth-order valence-corrected chi connectivity index (χ4v) is 2.01. The molecule has 4 heteroatoms. The van der Waals surface area contributed by atoms with E-state index in [9.17, 15) is 0 Å². The first-order chi connectivity index (χ1) is 8.61. The third-order valence-electron chi connectivity index (χ3n) is 2.72. The molecule has 0 saturated heterocycles. The van der Waals surface area contributed by atoms with Gasteiger partial charge in [0, 0.05) is 15.8 Å². The minimum Gasteiger partial charge on any atom is -0.398 e. The highest BCUT2D eigenvalue weighted by atomic mass is 79.9. The van der Waals surface area contributed by atoms with Crippen LogP contribution in [0.3, 0.4) is 0 Å². The molecule has 0 aromatic heterocycles. The summed E-state index contributed by atoms with van der Waals surface area (Å²) < 4.78 is 1.05. The predicted molar refractivity (Wildman–Crippen MR) is 77.7 cm³/mol. The Bertz CT molecular complexity index is 629. The van der Waals surface area contributed by atoms with Gasteiger partial charge < -0.3 is 11.1 Å². The van der Waals surface area contributed by atoms with Gasteiger partial charge in [-0.25, -0.2) is 0 Å². The fraction of sp³-hybridized carbons (Fsp3) is 0.0714. The second-order valence-electron chi connectivity index (χ2n) is 3.95. The molecule has 2 aromatic carbocycles. The topological polar surface area (TPSA) is 61.8 Å². The number of hydrogen-bond donors (Lipinski definition) is 2. The Kier molecular flexibility index (Phi) is 3.54. The number of nitrogens with two attached hydrogens (primary N) is 1. The van der Waals surface area contributed by atoms with Gasteiger partial charge in [0.05, 0.1) is 11.3 Å². The molecule has 18 heavy (non-hydrogen) atoms. The summed E-state index contributed by atoms with van der Waals surface area (Å²) in [6.45, 7) is 2.03. The van der Waals surface area contributed by atoms with Crippen LogP contribution in [-0.4, -0.2) is 0 Å². The van der Waals surface area contributed by atoms with Crippen molar-refractivity contribution in [3.05, 3.63) is 52.0 Å². The molecule has 0 heterocycles. The standard InChI is InChI=1S/C14H12BrN3/c1-9-12(15)3-2-4-14(9)18-11-6-5-10(8-16)13(17)7-11/h2-7,18H,17H2,1H3. The van der Waals surface area contributed by atoms with E-state index in [1.54, 1.807) is 12.1 Å². The molecule has 0 fully saturated rings. The van der Waals surface area contributed by atoms with E-state index in [1.807, 2.05) is 37.3 Å². The minimum absolute atomic E-state index is 0.482. The molecule has 90 valence electrons. The number of benzene rings is 2. The highest BCUT2D eigenvalue weighted by Gasteiger charge is 2.04. The van der Waals surface area contributed by atoms with Crippen LogP contribution >= 0.6 is 15.9 Å². The zero-order valence-corrected chi connectivity index (χ0v) is 11.5. The number of nitriles is 1. The molecular formula is C14H12BrN3. The van der Waals surface area contributed by atoms with Crippen LogP contribution in [0.25, 0.3) is 0 Å². The maximum absolute atomic E-state index is 8.82. The van der Waals surface area contributed by atoms with Gasteiger partial charge in [-0.1, -0.05) is 22.0 Å². The van der Waals surface area contributed by atoms with Gasteiger partial charge in [-0.2, -0.15) is 5.26 Å². The van der Waals surface area contributed by atoms with E-state index < -0.39 is 0 Å². The van der Waals surface area contributed by atoms with Gasteiger partial charge in [0.15, 0.2) is 0 Å². The lowest BCUT2D eigenvalue weighted by molar-refractivity contribution is 1.40. The van der Waals surface area contributed by atoms with Gasteiger partial charge in [-0.3, -0.25) is 0 Å². The molecule has 0 radical (unpaired) electrons. The van der Waals surface area contributed by atoms with Gasteiger partial charge in [0.25, 0.3) is 0 Å². The summed E-state index contributed by atoms with van der Waals surface area (Å²) in [7, 11) is 0. The van der Waals surface area contributed by atoms with Crippen molar-refractivity contribution < 1.29 is 0 Å². The highest BCUT2D eigenvalue weighted by molar-refractivity contribution is 9.10. The summed E-state index contributed by atoms with van der Waals surface area (Å²) in [5.74, 6) is 0. The smallest absolute Gasteiger partial charge is 0.101 e. The lowest BCUT2D eigenvalue weighted by atomic mass is 10.1. The number of anilines is 3. The summed E-state index contributed by atoms with van der Waals surface area (Å²) in [6, 6.07) is 13.3. The van der Waals surface area contributed by atoms with E-state index in [2.05, 4.69) is 21.2 Å². The Labute approximate surface area is 114 Å². The van der Waals surface area contributed by atoms with Gasteiger partial charge in [0.2, 0.25) is 0 Å². The van der Waals surface area contributed by atoms with Crippen LogP contribution in [0, 0.1) is 18.3 Å². The van der Waals surface area contributed by atoms with Crippen LogP contribution in [0.15, 0.2) is 40.9 Å². The summed E-state index contributed by atoms with van der Waals surface area (Å²) >= 11 is 3.49. The maximum atomic E-state index is 8.82. The summed E-state index contributed by atoms with van der Waals surface area (Å²) in [6.07, 6.45) is 0. The largest absolute Gasteiger partial charge is 0.398 e. The molecule has 0 spiro atoms. The van der Waals surface area contributed by atoms with Crippen molar-refractivity contribution in [2.45, 2.75) is 6.92 Å². The number of nitrogen functional groups attached to an aromatic ring is 1. The van der Waals surface area contributed by atoms with Crippen molar-refractivity contribution in [2.75, 3.05) is 11.1 Å². The van der Waals surface area contributed by atoms with Crippen molar-refractivity contribution in [1.29, 1.82) is 5.26 Å². The third-order valence-corrected chi connectivity index (χ3v) is 3.58. The Morgan fingerprint density at radius 2 is 2.06 bits per heavy atom. The molecule has 3 N–H and O–H groups in total. The van der Waals surface area contributed by atoms with Gasteiger partial charge in [-0.05, 0) is 42.8 Å². The molecule has 3 nitrogen and oxygen atoms in total. The molecule has 0 bridgehead atoms. The summed E-state index contributed by atoms with van der Waals surface area (Å²) in [5.41, 5.74) is 9.76. The van der Waals surface area contributed by atoms with E-state index in [0.717, 1.165) is 21.4 Å². The van der Waals surface area contributed by atoms with Gasteiger partial charge in [-0.15, -0.1) is 0 Å². The van der Waals surface area contributed by atoms with E-state index in [4.69, 9.17) is 11.0 Å². The van der Waals surface area contributed by atoms with Crippen molar-refractivity contribution in [3.63, 3.8) is 0 Å². The predicted octanol–water partition coefficient (Wildman–Crippen LogP) is 3.96. The maximum Gasteiger partial charge on any atom is 0.101 e. The van der Waals surface area contributed by atoms with Crippen molar-refractivity contribution in [2.24, 2.45) is 0 Å². The molecule has 0 atom stereocenters. The number of hydrogen-bond acceptors (Lipinski definition) is 3. The van der Waals surface area contributed by atoms with Crippen LogP contribution in [0.5, 0.6) is 0 Å². The first-order valence-corrected chi connectivity index (χ1v) is 6.23. The molecule has 0 aliphatic heterocycles. The van der Waals surface area contributed by atoms with Gasteiger partial charge >= 0.3 is 0 Å². The van der Waals surface area contributed by atoms with Crippen LogP contribution in [0.1, 0.15) is 11.1 Å². The van der Waals surface area contributed by atoms with Crippen LogP contribution < -0.4 is 11.1 Å². The van der Waals surface area contributed by atoms with Crippen molar-refractivity contribution in [3.8, 4) is 6.07 Å². The van der Waals surface area contributed by atoms with Crippen LogP contribution in [-0.2, 0) is 0 Å². The lowest BCUT2D eigenvalue weighted by Crippen LogP contribution is -1.96. The van der Waals surface area contributed by atoms with Gasteiger partial charge in [0.1, 0.15) is 6.07 Å². The molecule has 0 aliphatic carbocycles. The summed E-state index contributed by atoms with van der Waals surface area (Å²) in [5, 5.41) is 12.1. The second kappa shape index (κ2) is 5.11. The minimum atomic E-state index is 0.482. The lowest BCUT2D eigenvalue weighted by Gasteiger charge is -2.11. The van der Waals surface area contributed by atoms with Crippen molar-refractivity contribution in [1.82, 2.24) is 0 Å². The van der Waals surface area contributed by atoms with E-state index in [1.165, 1.54) is 0 Å². The molecular weight excluding hydrogens is 290 g/mol. The average molecular weight is 302 g/mol. The first kappa shape index (κ1) is 12.5. The molecule has 0 amide bonds. The normalized spacial score (nSPS) is 9.83. The Hall–Kier alpha value is -1.99. The fourth-order valence-electron chi connectivity index (χ4n) is 1.64. The highest BCUT2D eigenvalue weighted by Crippen LogP contribution is 2.27. The number of nitrogens with zero attached hydrogens (tertiary/aromatic N) is 1.